The van der Waals surface area contributed by atoms with Crippen molar-refractivity contribution in [2.75, 3.05) is 0 Å². The van der Waals surface area contributed by atoms with Crippen LogP contribution in [0.5, 0.6) is 5.75 Å². The van der Waals surface area contributed by atoms with Crippen molar-refractivity contribution in [3.05, 3.63) is 59.1 Å². The molecule has 8 heteroatoms. The summed E-state index contributed by atoms with van der Waals surface area (Å²) in [4.78, 5) is 5.37. The van der Waals surface area contributed by atoms with Gasteiger partial charge in [0.05, 0.1) is 4.88 Å². The smallest absolute Gasteiger partial charge is 0.276 e. The van der Waals surface area contributed by atoms with Crippen LogP contribution in [0.25, 0.3) is 22.3 Å². The Bertz CT molecular complexity index is 931. The molecule has 0 spiro atoms. The van der Waals surface area contributed by atoms with E-state index in [1.54, 1.807) is 52.5 Å². The number of hydrogen-bond donors (Lipinski definition) is 0. The first-order chi connectivity index (χ1) is 11.8. The Labute approximate surface area is 146 Å². The van der Waals surface area contributed by atoms with Crippen LogP contribution >= 0.6 is 22.9 Å². The van der Waals surface area contributed by atoms with E-state index in [1.807, 2.05) is 17.5 Å². The molecule has 0 N–H and O–H groups in total. The van der Waals surface area contributed by atoms with Gasteiger partial charge >= 0.3 is 0 Å². The molecular weight excluding hydrogens is 348 g/mol. The third-order valence-electron chi connectivity index (χ3n) is 3.27. The summed E-state index contributed by atoms with van der Waals surface area (Å²) < 4.78 is 12.7. The van der Waals surface area contributed by atoms with Gasteiger partial charge < -0.3 is 9.26 Å². The number of benzene rings is 1. The highest BCUT2D eigenvalue weighted by Crippen LogP contribution is 2.25. The molecule has 0 amide bonds. The fourth-order valence-corrected chi connectivity index (χ4v) is 2.89. The Morgan fingerprint density at radius 3 is 2.83 bits per heavy atom. The van der Waals surface area contributed by atoms with Crippen LogP contribution in [0, 0.1) is 0 Å². The van der Waals surface area contributed by atoms with Crippen LogP contribution in [0.2, 0.25) is 5.02 Å². The second-order valence-electron chi connectivity index (χ2n) is 4.84. The third-order valence-corrected chi connectivity index (χ3v) is 4.39. The van der Waals surface area contributed by atoms with Crippen LogP contribution in [0.3, 0.4) is 0 Å². The van der Waals surface area contributed by atoms with Crippen molar-refractivity contribution in [3.8, 4) is 28.0 Å². The molecule has 0 aliphatic heterocycles. The summed E-state index contributed by atoms with van der Waals surface area (Å²) in [5, 5.41) is 10.9. The number of ether oxygens (including phenoxy) is 1. The minimum absolute atomic E-state index is 0.223. The van der Waals surface area contributed by atoms with Gasteiger partial charge in [-0.2, -0.15) is 10.1 Å². The quantitative estimate of drug-likeness (QED) is 0.530. The molecule has 3 aromatic heterocycles. The molecule has 0 bridgehead atoms. The second kappa shape index (κ2) is 6.46. The number of nitrogens with zero attached hydrogens (tertiary/aromatic N) is 4. The molecule has 4 aromatic rings. The average Bonchev–Trinajstić information content (AvgIpc) is 3.33. The standard InChI is InChI=1S/C16H11ClN4O2S/c17-11-3-5-12(6-4-11)22-10-21-13(7-8-18-21)16-19-15(20-23-16)14-2-1-9-24-14/h1-9H,10H2. The van der Waals surface area contributed by atoms with E-state index in [2.05, 4.69) is 15.2 Å². The number of halogens is 1. The highest BCUT2D eigenvalue weighted by molar-refractivity contribution is 7.13. The molecule has 0 unspecified atom stereocenters. The van der Waals surface area contributed by atoms with Gasteiger partial charge in [-0.25, -0.2) is 4.68 Å². The zero-order valence-corrected chi connectivity index (χ0v) is 13.9. The summed E-state index contributed by atoms with van der Waals surface area (Å²) in [5.74, 6) is 1.66. The summed E-state index contributed by atoms with van der Waals surface area (Å²) in [6.45, 7) is 0.223. The molecule has 0 aliphatic carbocycles. The summed E-state index contributed by atoms with van der Waals surface area (Å²) in [5.41, 5.74) is 0.694. The molecule has 3 heterocycles. The maximum Gasteiger partial charge on any atom is 0.276 e. The van der Waals surface area contributed by atoms with Gasteiger partial charge in [0.15, 0.2) is 6.73 Å². The van der Waals surface area contributed by atoms with E-state index in [0.29, 0.717) is 28.2 Å². The van der Waals surface area contributed by atoms with Crippen LogP contribution in [0.15, 0.2) is 58.6 Å². The summed E-state index contributed by atoms with van der Waals surface area (Å²) in [6.07, 6.45) is 1.66. The zero-order valence-electron chi connectivity index (χ0n) is 12.3. The van der Waals surface area contributed by atoms with Gasteiger partial charge in [0.1, 0.15) is 11.4 Å². The monoisotopic (exact) mass is 358 g/mol. The average molecular weight is 359 g/mol. The highest BCUT2D eigenvalue weighted by atomic mass is 35.5. The van der Waals surface area contributed by atoms with Crippen molar-refractivity contribution in [2.24, 2.45) is 0 Å². The van der Waals surface area contributed by atoms with Crippen LogP contribution < -0.4 is 4.74 Å². The van der Waals surface area contributed by atoms with Crippen LogP contribution in [-0.4, -0.2) is 19.9 Å². The summed E-state index contributed by atoms with van der Waals surface area (Å²) in [6, 6.07) is 12.8. The normalized spacial score (nSPS) is 10.9. The lowest BCUT2D eigenvalue weighted by atomic mass is 10.3. The van der Waals surface area contributed by atoms with E-state index in [1.165, 1.54) is 0 Å². The Kier molecular flexibility index (Phi) is 4.02. The van der Waals surface area contributed by atoms with E-state index in [-0.39, 0.29) is 6.73 Å². The minimum atomic E-state index is 0.223. The molecule has 0 saturated carbocycles. The summed E-state index contributed by atoms with van der Waals surface area (Å²) >= 11 is 7.42. The van der Waals surface area contributed by atoms with Crippen molar-refractivity contribution in [2.45, 2.75) is 6.73 Å². The van der Waals surface area contributed by atoms with Crippen molar-refractivity contribution in [1.29, 1.82) is 0 Å². The maximum atomic E-state index is 5.86. The lowest BCUT2D eigenvalue weighted by molar-refractivity contribution is 0.221. The number of aromatic nitrogens is 4. The van der Waals surface area contributed by atoms with E-state index in [0.717, 1.165) is 4.88 Å². The Balaban J connectivity index is 1.53. The van der Waals surface area contributed by atoms with Crippen molar-refractivity contribution in [1.82, 2.24) is 19.9 Å². The first-order valence-corrected chi connectivity index (χ1v) is 8.33. The Hall–Kier alpha value is -2.64. The predicted molar refractivity (Wildman–Crippen MR) is 90.9 cm³/mol. The van der Waals surface area contributed by atoms with Gasteiger partial charge in [0, 0.05) is 11.2 Å². The second-order valence-corrected chi connectivity index (χ2v) is 6.23. The molecule has 120 valence electrons. The first-order valence-electron chi connectivity index (χ1n) is 7.08. The molecule has 24 heavy (non-hydrogen) atoms. The molecule has 0 fully saturated rings. The van der Waals surface area contributed by atoms with Crippen molar-refractivity contribution in [3.63, 3.8) is 0 Å². The predicted octanol–water partition coefficient (Wildman–Crippen LogP) is 4.35. The minimum Gasteiger partial charge on any atom is -0.471 e. The van der Waals surface area contributed by atoms with E-state index in [4.69, 9.17) is 20.9 Å². The van der Waals surface area contributed by atoms with Gasteiger partial charge in [-0.05, 0) is 41.8 Å². The van der Waals surface area contributed by atoms with Gasteiger partial charge in [-0.3, -0.25) is 0 Å². The number of hydrogen-bond acceptors (Lipinski definition) is 6. The van der Waals surface area contributed by atoms with Crippen LogP contribution in [0.1, 0.15) is 0 Å². The number of rotatable bonds is 5. The molecule has 6 nitrogen and oxygen atoms in total. The van der Waals surface area contributed by atoms with Crippen molar-refractivity contribution >= 4 is 22.9 Å². The molecular formula is C16H11ClN4O2S. The zero-order chi connectivity index (χ0) is 16.4. The maximum absolute atomic E-state index is 5.86. The lowest BCUT2D eigenvalue weighted by Gasteiger charge is -2.07. The third kappa shape index (κ3) is 3.04. The van der Waals surface area contributed by atoms with Gasteiger partial charge in [0.2, 0.25) is 5.82 Å². The van der Waals surface area contributed by atoms with Crippen LogP contribution in [-0.2, 0) is 6.73 Å². The van der Waals surface area contributed by atoms with Crippen molar-refractivity contribution < 1.29 is 9.26 Å². The summed E-state index contributed by atoms with van der Waals surface area (Å²) in [7, 11) is 0. The molecule has 0 atom stereocenters. The molecule has 0 radical (unpaired) electrons. The lowest BCUT2D eigenvalue weighted by Crippen LogP contribution is -2.08. The largest absolute Gasteiger partial charge is 0.471 e. The fraction of sp³-hybridized carbons (Fsp3) is 0.0625. The van der Waals surface area contributed by atoms with E-state index in [9.17, 15) is 0 Å². The topological polar surface area (TPSA) is 66.0 Å². The number of thiophene rings is 1. The Morgan fingerprint density at radius 2 is 2.04 bits per heavy atom. The first kappa shape index (κ1) is 14.9. The molecule has 1 aromatic carbocycles. The van der Waals surface area contributed by atoms with Gasteiger partial charge in [-0.1, -0.05) is 22.8 Å². The van der Waals surface area contributed by atoms with Gasteiger partial charge in [0.25, 0.3) is 5.89 Å². The highest BCUT2D eigenvalue weighted by Gasteiger charge is 2.15. The van der Waals surface area contributed by atoms with Crippen LogP contribution in [0.4, 0.5) is 0 Å². The molecule has 0 saturated heterocycles. The SMILES string of the molecule is Clc1ccc(OCn2nccc2-c2nc(-c3cccs3)no2)cc1. The van der Waals surface area contributed by atoms with E-state index >= 15 is 0 Å². The molecule has 0 aliphatic rings. The molecule has 4 rings (SSSR count). The van der Waals surface area contributed by atoms with Gasteiger partial charge in [-0.15, -0.1) is 11.3 Å². The fourth-order valence-electron chi connectivity index (χ4n) is 2.12. The Morgan fingerprint density at radius 1 is 1.17 bits per heavy atom. The van der Waals surface area contributed by atoms with E-state index < -0.39 is 0 Å².